The Kier molecular flexibility index (Phi) is 5.35. The van der Waals surface area contributed by atoms with Gasteiger partial charge in [0, 0.05) is 24.8 Å². The van der Waals surface area contributed by atoms with E-state index in [2.05, 4.69) is 5.32 Å². The van der Waals surface area contributed by atoms with Crippen LogP contribution < -0.4 is 15.8 Å². The lowest BCUT2D eigenvalue weighted by atomic mass is 10.2. The third kappa shape index (κ3) is 4.39. The molecule has 132 valence electrons. The highest BCUT2D eigenvalue weighted by Crippen LogP contribution is 2.19. The lowest BCUT2D eigenvalue weighted by Gasteiger charge is -2.15. The third-order valence-electron chi connectivity index (χ3n) is 4.03. The van der Waals surface area contributed by atoms with Gasteiger partial charge in [-0.25, -0.2) is 0 Å². The van der Waals surface area contributed by atoms with Crippen LogP contribution in [0.1, 0.15) is 29.0 Å². The van der Waals surface area contributed by atoms with Crippen molar-refractivity contribution in [2.24, 2.45) is 5.73 Å². The first-order valence-electron chi connectivity index (χ1n) is 8.25. The fourth-order valence-corrected chi connectivity index (χ4v) is 2.68. The standard InChI is InChI=1S/C18H21N3O4/c19-10-16-8-13(11-24-16)18(23)20-14-4-3-5-15(9-14)25-12-17(22)21-6-1-2-7-21/h3-5,8-9,11H,1-2,6-7,10,12,19H2,(H,20,23). The number of likely N-dealkylation sites (tertiary alicyclic amines) is 1. The van der Waals surface area contributed by atoms with E-state index < -0.39 is 0 Å². The fraction of sp³-hybridized carbons (Fsp3) is 0.333. The molecule has 0 radical (unpaired) electrons. The summed E-state index contributed by atoms with van der Waals surface area (Å²) in [4.78, 5) is 26.0. The molecule has 1 saturated heterocycles. The Morgan fingerprint density at radius 2 is 2.04 bits per heavy atom. The average Bonchev–Trinajstić information content (AvgIpc) is 3.31. The van der Waals surface area contributed by atoms with Crippen molar-refractivity contribution in [1.82, 2.24) is 4.90 Å². The summed E-state index contributed by atoms with van der Waals surface area (Å²) in [5.74, 6) is 0.760. The van der Waals surface area contributed by atoms with Crippen LogP contribution in [-0.2, 0) is 11.3 Å². The maximum atomic E-state index is 12.2. The van der Waals surface area contributed by atoms with E-state index in [0.29, 0.717) is 22.8 Å². The Labute approximate surface area is 145 Å². The molecule has 2 aromatic rings. The monoisotopic (exact) mass is 343 g/mol. The summed E-state index contributed by atoms with van der Waals surface area (Å²) in [6.07, 6.45) is 3.47. The van der Waals surface area contributed by atoms with Gasteiger partial charge in [0.05, 0.1) is 12.1 Å². The molecule has 1 aliphatic heterocycles. The zero-order chi connectivity index (χ0) is 17.6. The van der Waals surface area contributed by atoms with Gasteiger partial charge in [0.25, 0.3) is 11.8 Å². The summed E-state index contributed by atoms with van der Waals surface area (Å²) >= 11 is 0. The van der Waals surface area contributed by atoms with Crippen molar-refractivity contribution in [1.29, 1.82) is 0 Å². The molecule has 0 atom stereocenters. The lowest BCUT2D eigenvalue weighted by molar-refractivity contribution is -0.132. The molecule has 1 aliphatic rings. The van der Waals surface area contributed by atoms with E-state index in [9.17, 15) is 9.59 Å². The van der Waals surface area contributed by atoms with Gasteiger partial charge in [-0.05, 0) is 31.0 Å². The quantitative estimate of drug-likeness (QED) is 0.836. The van der Waals surface area contributed by atoms with Gasteiger partial charge in [0.1, 0.15) is 17.8 Å². The van der Waals surface area contributed by atoms with Crippen molar-refractivity contribution in [2.75, 3.05) is 25.0 Å². The van der Waals surface area contributed by atoms with E-state index in [4.69, 9.17) is 14.9 Å². The molecule has 7 nitrogen and oxygen atoms in total. The number of hydrogen-bond donors (Lipinski definition) is 2. The van der Waals surface area contributed by atoms with Crippen LogP contribution in [-0.4, -0.2) is 36.4 Å². The third-order valence-corrected chi connectivity index (χ3v) is 4.03. The van der Waals surface area contributed by atoms with Crippen molar-refractivity contribution in [3.05, 3.63) is 47.9 Å². The molecule has 25 heavy (non-hydrogen) atoms. The fourth-order valence-electron chi connectivity index (χ4n) is 2.68. The topological polar surface area (TPSA) is 97.8 Å². The molecule has 2 heterocycles. The second kappa shape index (κ2) is 7.85. The van der Waals surface area contributed by atoms with Crippen LogP contribution in [0.15, 0.2) is 41.0 Å². The Morgan fingerprint density at radius 1 is 1.24 bits per heavy atom. The molecule has 2 amide bonds. The van der Waals surface area contributed by atoms with Crippen LogP contribution in [0, 0.1) is 0 Å². The van der Waals surface area contributed by atoms with E-state index in [0.717, 1.165) is 25.9 Å². The largest absolute Gasteiger partial charge is 0.484 e. The van der Waals surface area contributed by atoms with Crippen LogP contribution in [0.4, 0.5) is 5.69 Å². The number of nitrogens with two attached hydrogens (primary N) is 1. The van der Waals surface area contributed by atoms with Gasteiger partial charge >= 0.3 is 0 Å². The normalized spacial score (nSPS) is 13.7. The van der Waals surface area contributed by atoms with Crippen molar-refractivity contribution in [2.45, 2.75) is 19.4 Å². The number of ether oxygens (including phenoxy) is 1. The van der Waals surface area contributed by atoms with Crippen LogP contribution in [0.5, 0.6) is 5.75 Å². The number of nitrogens with zero attached hydrogens (tertiary/aromatic N) is 1. The second-order valence-corrected chi connectivity index (χ2v) is 5.86. The minimum atomic E-state index is -0.297. The predicted molar refractivity (Wildman–Crippen MR) is 92.3 cm³/mol. The Hall–Kier alpha value is -2.80. The second-order valence-electron chi connectivity index (χ2n) is 5.86. The van der Waals surface area contributed by atoms with Crippen LogP contribution in [0.3, 0.4) is 0 Å². The van der Waals surface area contributed by atoms with E-state index >= 15 is 0 Å². The van der Waals surface area contributed by atoms with Crippen molar-refractivity contribution < 1.29 is 18.7 Å². The van der Waals surface area contributed by atoms with E-state index in [1.807, 2.05) is 0 Å². The van der Waals surface area contributed by atoms with E-state index in [-0.39, 0.29) is 25.0 Å². The minimum Gasteiger partial charge on any atom is -0.484 e. The average molecular weight is 343 g/mol. The summed E-state index contributed by atoms with van der Waals surface area (Å²) < 4.78 is 10.7. The van der Waals surface area contributed by atoms with Crippen LogP contribution in [0.2, 0.25) is 0 Å². The van der Waals surface area contributed by atoms with Crippen LogP contribution >= 0.6 is 0 Å². The number of hydrogen-bond acceptors (Lipinski definition) is 5. The molecule has 0 unspecified atom stereocenters. The summed E-state index contributed by atoms with van der Waals surface area (Å²) in [5, 5.41) is 2.76. The predicted octanol–water partition coefficient (Wildman–Crippen LogP) is 1.99. The van der Waals surface area contributed by atoms with Crippen molar-refractivity contribution in [3.63, 3.8) is 0 Å². The molecule has 0 bridgehead atoms. The van der Waals surface area contributed by atoms with Crippen LogP contribution in [0.25, 0.3) is 0 Å². The molecule has 3 N–H and O–H groups in total. The smallest absolute Gasteiger partial charge is 0.260 e. The van der Waals surface area contributed by atoms with Gasteiger partial charge in [-0.3, -0.25) is 9.59 Å². The highest BCUT2D eigenvalue weighted by atomic mass is 16.5. The maximum absolute atomic E-state index is 12.2. The first-order valence-corrected chi connectivity index (χ1v) is 8.25. The molecule has 0 spiro atoms. The number of nitrogens with one attached hydrogen (secondary N) is 1. The summed E-state index contributed by atoms with van der Waals surface area (Å²) in [6.45, 7) is 1.84. The van der Waals surface area contributed by atoms with E-state index in [1.165, 1.54) is 6.26 Å². The first kappa shape index (κ1) is 17.0. The SMILES string of the molecule is NCc1cc(C(=O)Nc2cccc(OCC(=O)N3CCCC3)c2)co1. The number of anilines is 1. The van der Waals surface area contributed by atoms with Crippen molar-refractivity contribution >= 4 is 17.5 Å². The molecule has 0 saturated carbocycles. The number of amides is 2. The van der Waals surface area contributed by atoms with Crippen molar-refractivity contribution in [3.8, 4) is 5.75 Å². The number of furan rings is 1. The highest BCUT2D eigenvalue weighted by Gasteiger charge is 2.18. The Balaban J connectivity index is 1.57. The Morgan fingerprint density at radius 3 is 2.76 bits per heavy atom. The molecule has 1 aromatic heterocycles. The molecule has 0 aliphatic carbocycles. The number of carbonyl (C=O) groups is 2. The molecule has 1 aromatic carbocycles. The summed E-state index contributed by atoms with van der Waals surface area (Å²) in [7, 11) is 0. The summed E-state index contributed by atoms with van der Waals surface area (Å²) in [5.41, 5.74) is 6.44. The van der Waals surface area contributed by atoms with Gasteiger partial charge in [-0.1, -0.05) is 6.07 Å². The molecule has 3 rings (SSSR count). The highest BCUT2D eigenvalue weighted by molar-refractivity contribution is 6.04. The Bertz CT molecular complexity index is 750. The maximum Gasteiger partial charge on any atom is 0.260 e. The minimum absolute atomic E-state index is 0.00100. The van der Waals surface area contributed by atoms with Gasteiger partial charge in [-0.2, -0.15) is 0 Å². The number of rotatable bonds is 6. The van der Waals surface area contributed by atoms with Gasteiger partial charge in [0.15, 0.2) is 6.61 Å². The summed E-state index contributed by atoms with van der Waals surface area (Å²) in [6, 6.07) is 8.53. The van der Waals surface area contributed by atoms with Gasteiger partial charge in [0.2, 0.25) is 0 Å². The number of benzene rings is 1. The van der Waals surface area contributed by atoms with E-state index in [1.54, 1.807) is 35.2 Å². The molecular formula is C18H21N3O4. The lowest BCUT2D eigenvalue weighted by Crippen LogP contribution is -2.32. The molecule has 7 heteroatoms. The zero-order valence-electron chi connectivity index (χ0n) is 13.9. The van der Waals surface area contributed by atoms with Gasteiger partial charge < -0.3 is 25.1 Å². The molecular weight excluding hydrogens is 322 g/mol. The van der Waals surface area contributed by atoms with Gasteiger partial charge in [-0.15, -0.1) is 0 Å². The molecule has 1 fully saturated rings. The first-order chi connectivity index (χ1) is 12.2. The zero-order valence-corrected chi connectivity index (χ0v) is 13.9. The number of carbonyl (C=O) groups excluding carboxylic acids is 2.